The second-order valence-corrected chi connectivity index (χ2v) is 9.45. The van der Waals surface area contributed by atoms with Gasteiger partial charge in [0.2, 0.25) is 0 Å². The maximum absolute atomic E-state index is 14.2. The Hall–Kier alpha value is -2.61. The van der Waals surface area contributed by atoms with Crippen LogP contribution in [0.3, 0.4) is 0 Å². The Kier molecular flexibility index (Phi) is 4.06. The summed E-state index contributed by atoms with van der Waals surface area (Å²) in [6.07, 6.45) is 6.79. The number of nitrogens with one attached hydrogen (secondary N) is 2. The zero-order chi connectivity index (χ0) is 20.4. The number of thiazole rings is 1. The van der Waals surface area contributed by atoms with Crippen molar-refractivity contribution in [2.45, 2.75) is 38.6 Å². The van der Waals surface area contributed by atoms with Gasteiger partial charge in [0.05, 0.1) is 11.0 Å². The molecule has 154 valence electrons. The molecule has 3 fully saturated rings. The van der Waals surface area contributed by atoms with Crippen molar-refractivity contribution >= 4 is 38.4 Å². The van der Waals surface area contributed by atoms with Crippen LogP contribution in [0.4, 0.5) is 14.6 Å². The van der Waals surface area contributed by atoms with E-state index in [9.17, 15) is 8.78 Å². The molecule has 3 saturated carbocycles. The molecule has 0 saturated heterocycles. The van der Waals surface area contributed by atoms with Crippen molar-refractivity contribution in [2.75, 3.05) is 5.32 Å². The number of fused-ring (bicyclic) bond motifs is 5. The lowest BCUT2D eigenvalue weighted by Gasteiger charge is -2.47. The number of halogens is 2. The first-order valence-corrected chi connectivity index (χ1v) is 11.3. The molecule has 2 N–H and O–H groups in total. The van der Waals surface area contributed by atoms with Crippen molar-refractivity contribution in [1.82, 2.24) is 19.9 Å². The highest BCUT2D eigenvalue weighted by Gasteiger charge is 2.41. The van der Waals surface area contributed by atoms with Gasteiger partial charge in [0, 0.05) is 29.3 Å². The summed E-state index contributed by atoms with van der Waals surface area (Å²) in [5.41, 5.74) is 3.36. The first kappa shape index (κ1) is 18.2. The van der Waals surface area contributed by atoms with E-state index >= 15 is 0 Å². The van der Waals surface area contributed by atoms with E-state index in [0.717, 1.165) is 22.3 Å². The molecular weight excluding hydrogens is 404 g/mol. The second-order valence-electron chi connectivity index (χ2n) is 8.62. The number of hydrogen-bond acceptors (Lipinski definition) is 5. The summed E-state index contributed by atoms with van der Waals surface area (Å²) in [5, 5.41) is 4.14. The molecule has 0 unspecified atom stereocenters. The molecule has 1 aromatic carbocycles. The number of H-pyrrole nitrogens is 1. The lowest BCUT2D eigenvalue weighted by molar-refractivity contribution is 0.0928. The van der Waals surface area contributed by atoms with Gasteiger partial charge in [-0.15, -0.1) is 11.3 Å². The number of nitrogens with zero attached hydrogens (tertiary/aromatic N) is 3. The minimum absolute atomic E-state index is 0.257. The predicted molar refractivity (Wildman–Crippen MR) is 114 cm³/mol. The van der Waals surface area contributed by atoms with Gasteiger partial charge in [-0.05, 0) is 49.5 Å². The van der Waals surface area contributed by atoms with Crippen LogP contribution in [-0.4, -0.2) is 26.0 Å². The Balaban J connectivity index is 1.46. The number of aromatic amines is 1. The van der Waals surface area contributed by atoms with Crippen LogP contribution in [0.5, 0.6) is 0 Å². The number of rotatable bonds is 3. The van der Waals surface area contributed by atoms with Gasteiger partial charge < -0.3 is 10.3 Å². The average Bonchev–Trinajstić information content (AvgIpc) is 3.38. The van der Waals surface area contributed by atoms with Crippen molar-refractivity contribution in [2.24, 2.45) is 17.8 Å². The number of aromatic nitrogens is 4. The molecule has 0 amide bonds. The summed E-state index contributed by atoms with van der Waals surface area (Å²) < 4.78 is 28.0. The van der Waals surface area contributed by atoms with E-state index in [4.69, 9.17) is 4.98 Å². The number of hydrogen-bond donors (Lipinski definition) is 2. The van der Waals surface area contributed by atoms with Crippen LogP contribution in [0.15, 0.2) is 23.8 Å². The summed E-state index contributed by atoms with van der Waals surface area (Å²) in [5.74, 6) is 1.91. The fourth-order valence-corrected chi connectivity index (χ4v) is 6.14. The maximum atomic E-state index is 14.2. The fraction of sp³-hybridized carbons (Fsp3) is 0.409. The molecule has 4 aromatic rings. The Bertz CT molecular complexity index is 1260. The normalized spacial score (nSPS) is 26.0. The highest BCUT2D eigenvalue weighted by molar-refractivity contribution is 7.16. The van der Waals surface area contributed by atoms with E-state index in [-0.39, 0.29) is 5.52 Å². The predicted octanol–water partition coefficient (Wildman–Crippen LogP) is 5.75. The van der Waals surface area contributed by atoms with Crippen molar-refractivity contribution in [3.05, 3.63) is 35.5 Å². The van der Waals surface area contributed by atoms with E-state index in [2.05, 4.69) is 27.2 Å². The van der Waals surface area contributed by atoms with Gasteiger partial charge in [0.15, 0.2) is 11.6 Å². The molecule has 30 heavy (non-hydrogen) atoms. The summed E-state index contributed by atoms with van der Waals surface area (Å²) >= 11 is 1.44. The molecule has 3 aliphatic rings. The number of benzene rings is 1. The summed E-state index contributed by atoms with van der Waals surface area (Å²) in [7, 11) is 0. The van der Waals surface area contributed by atoms with Crippen LogP contribution in [0.2, 0.25) is 0 Å². The van der Waals surface area contributed by atoms with Crippen molar-refractivity contribution < 1.29 is 8.78 Å². The van der Waals surface area contributed by atoms with E-state index in [1.165, 1.54) is 43.1 Å². The summed E-state index contributed by atoms with van der Waals surface area (Å²) in [6, 6.07) is 2.56. The highest BCUT2D eigenvalue weighted by atomic mass is 32.1. The van der Waals surface area contributed by atoms with Crippen molar-refractivity contribution in [3.63, 3.8) is 0 Å². The van der Waals surface area contributed by atoms with Crippen molar-refractivity contribution in [3.8, 4) is 11.4 Å². The molecule has 0 spiro atoms. The molecule has 5 nitrogen and oxygen atoms in total. The highest BCUT2D eigenvalue weighted by Crippen LogP contribution is 2.46. The van der Waals surface area contributed by atoms with Gasteiger partial charge in [0.1, 0.15) is 22.0 Å². The zero-order valence-corrected chi connectivity index (χ0v) is 17.3. The molecule has 8 heteroatoms. The summed E-state index contributed by atoms with van der Waals surface area (Å²) in [6.45, 7) is 2.33. The third kappa shape index (κ3) is 2.73. The van der Waals surface area contributed by atoms with Crippen LogP contribution < -0.4 is 5.32 Å². The zero-order valence-electron chi connectivity index (χ0n) is 16.5. The minimum Gasteiger partial charge on any atom is -0.365 e. The third-order valence-electron chi connectivity index (χ3n) is 7.08. The maximum Gasteiger partial charge on any atom is 0.165 e. The first-order chi connectivity index (χ1) is 14.6. The Morgan fingerprint density at radius 3 is 2.70 bits per heavy atom. The molecule has 3 aliphatic carbocycles. The third-order valence-corrected chi connectivity index (χ3v) is 7.80. The van der Waals surface area contributed by atoms with Gasteiger partial charge in [0.25, 0.3) is 0 Å². The molecule has 3 aromatic heterocycles. The SMILES string of the molecule is C[C@@H]1C2CCC(CC2)[C@H]1Nc1nc(-c2c[nH]c3c(F)cc(F)cc23)nc2scnc12. The molecule has 2 bridgehead atoms. The van der Waals surface area contributed by atoms with Gasteiger partial charge in [-0.25, -0.2) is 23.7 Å². The van der Waals surface area contributed by atoms with E-state index in [0.29, 0.717) is 40.5 Å². The van der Waals surface area contributed by atoms with E-state index < -0.39 is 11.6 Å². The smallest absolute Gasteiger partial charge is 0.165 e. The lowest BCUT2D eigenvalue weighted by atomic mass is 9.62. The molecule has 2 atom stereocenters. The van der Waals surface area contributed by atoms with Gasteiger partial charge in [-0.3, -0.25) is 0 Å². The van der Waals surface area contributed by atoms with Gasteiger partial charge in [-0.2, -0.15) is 0 Å². The van der Waals surface area contributed by atoms with Crippen molar-refractivity contribution in [1.29, 1.82) is 0 Å². The standard InChI is InChI=1S/C22H21F2N5S/c1-10-11-2-4-12(5-3-11)17(10)27-21-19-22(30-9-26-19)29-20(28-21)15-8-25-18-14(15)6-13(23)7-16(18)24/h6-12,17,25H,2-5H2,1H3,(H,27,28,29)/t10-,11?,12?,17+/m1/s1. The molecule has 0 radical (unpaired) electrons. The van der Waals surface area contributed by atoms with Gasteiger partial charge in [-0.1, -0.05) is 6.92 Å². The molecular formula is C22H21F2N5S. The molecule has 0 aliphatic heterocycles. The molecule has 7 rings (SSSR count). The van der Waals surface area contributed by atoms with E-state index in [1.807, 2.05) is 0 Å². The fourth-order valence-electron chi connectivity index (χ4n) is 5.48. The summed E-state index contributed by atoms with van der Waals surface area (Å²) in [4.78, 5) is 17.6. The average molecular weight is 426 g/mol. The van der Waals surface area contributed by atoms with Crippen LogP contribution in [0.1, 0.15) is 32.6 Å². The van der Waals surface area contributed by atoms with E-state index in [1.54, 1.807) is 11.7 Å². The molecule has 3 heterocycles. The minimum atomic E-state index is -0.625. The first-order valence-electron chi connectivity index (χ1n) is 10.4. The van der Waals surface area contributed by atoms with Crippen LogP contribution in [-0.2, 0) is 0 Å². The monoisotopic (exact) mass is 425 g/mol. The quantitative estimate of drug-likeness (QED) is 0.439. The lowest BCUT2D eigenvalue weighted by Crippen LogP contribution is -2.47. The van der Waals surface area contributed by atoms with Crippen LogP contribution in [0, 0.1) is 29.4 Å². The van der Waals surface area contributed by atoms with Crippen LogP contribution >= 0.6 is 11.3 Å². The van der Waals surface area contributed by atoms with Gasteiger partial charge >= 0.3 is 0 Å². The second kappa shape index (κ2) is 6.70. The Morgan fingerprint density at radius 1 is 1.10 bits per heavy atom. The van der Waals surface area contributed by atoms with Crippen LogP contribution in [0.25, 0.3) is 32.6 Å². The topological polar surface area (TPSA) is 66.5 Å². The largest absolute Gasteiger partial charge is 0.365 e. The Morgan fingerprint density at radius 2 is 1.90 bits per heavy atom. The number of anilines is 1. The Labute approximate surface area is 176 Å².